The van der Waals surface area contributed by atoms with Crippen molar-refractivity contribution in [3.05, 3.63) is 24.3 Å². The molecule has 1 amide bonds. The van der Waals surface area contributed by atoms with Crippen LogP contribution in [0, 0.1) is 5.92 Å². The number of nitrogens with zero attached hydrogens (tertiary/aromatic N) is 2. The molecule has 0 aromatic heterocycles. The van der Waals surface area contributed by atoms with Crippen LogP contribution in [-0.4, -0.2) is 68.7 Å². The summed E-state index contributed by atoms with van der Waals surface area (Å²) in [4.78, 5) is 19.5. The van der Waals surface area contributed by atoms with Crippen molar-refractivity contribution in [3.63, 3.8) is 0 Å². The zero-order valence-electron chi connectivity index (χ0n) is 20.5. The molecular formula is C23H32F3N3O6S. The van der Waals surface area contributed by atoms with E-state index in [9.17, 15) is 26.4 Å². The van der Waals surface area contributed by atoms with Gasteiger partial charge in [-0.2, -0.15) is 0 Å². The Balaban J connectivity index is 1.86. The van der Waals surface area contributed by atoms with Gasteiger partial charge in [-0.15, -0.1) is 13.2 Å². The first kappa shape index (κ1) is 28.0. The minimum absolute atomic E-state index is 0.0699. The number of oxime groups is 1. The summed E-state index contributed by atoms with van der Waals surface area (Å²) in [5.41, 5.74) is -1.45. The molecule has 0 aliphatic carbocycles. The lowest BCUT2D eigenvalue weighted by Crippen LogP contribution is -2.47. The molecule has 202 valence electrons. The standard InChI is InChI=1S/C23H32F3N3O6S/c1-22(2,3)34-21(30)29-14-4-5-16(15-29)20(35-28-17-10-12-27-13-11-17)36(31,32)19-8-6-18(7-9-19)33-23(24,25)26/h6-9,16,20,27H,4-5,10-15H2,1-3H3. The lowest BCUT2D eigenvalue weighted by molar-refractivity contribution is -0.274. The molecule has 2 unspecified atom stereocenters. The van der Waals surface area contributed by atoms with Crippen molar-refractivity contribution in [2.24, 2.45) is 11.1 Å². The number of piperidine rings is 2. The average Bonchev–Trinajstić information content (AvgIpc) is 2.78. The van der Waals surface area contributed by atoms with Gasteiger partial charge in [-0.3, -0.25) is 0 Å². The molecule has 3 rings (SSSR count). The third-order valence-corrected chi connectivity index (χ3v) is 7.66. The second kappa shape index (κ2) is 11.2. The van der Waals surface area contributed by atoms with Gasteiger partial charge in [-0.05, 0) is 57.9 Å². The second-order valence-corrected chi connectivity index (χ2v) is 11.8. The van der Waals surface area contributed by atoms with Crippen molar-refractivity contribution in [1.29, 1.82) is 0 Å². The zero-order valence-corrected chi connectivity index (χ0v) is 21.3. The maximum absolute atomic E-state index is 13.6. The van der Waals surface area contributed by atoms with E-state index in [1.165, 1.54) is 4.90 Å². The van der Waals surface area contributed by atoms with E-state index in [-0.39, 0.29) is 11.4 Å². The predicted molar refractivity (Wildman–Crippen MR) is 125 cm³/mol. The van der Waals surface area contributed by atoms with E-state index in [2.05, 4.69) is 15.2 Å². The van der Waals surface area contributed by atoms with Crippen LogP contribution in [0.4, 0.5) is 18.0 Å². The van der Waals surface area contributed by atoms with E-state index < -0.39 is 45.0 Å². The lowest BCUT2D eigenvalue weighted by Gasteiger charge is -2.36. The van der Waals surface area contributed by atoms with Gasteiger partial charge in [0.25, 0.3) is 0 Å². The largest absolute Gasteiger partial charge is 0.573 e. The summed E-state index contributed by atoms with van der Waals surface area (Å²) >= 11 is 0. The highest BCUT2D eigenvalue weighted by Gasteiger charge is 2.41. The minimum atomic E-state index is -4.90. The number of hydrogen-bond donors (Lipinski definition) is 1. The molecule has 36 heavy (non-hydrogen) atoms. The maximum Gasteiger partial charge on any atom is 0.573 e. The molecule has 9 nitrogen and oxygen atoms in total. The summed E-state index contributed by atoms with van der Waals surface area (Å²) in [6, 6.07) is 3.95. The first-order valence-corrected chi connectivity index (χ1v) is 13.3. The molecule has 13 heteroatoms. The van der Waals surface area contributed by atoms with Crippen LogP contribution >= 0.6 is 0 Å². The van der Waals surface area contributed by atoms with Crippen LogP contribution in [0.25, 0.3) is 0 Å². The number of rotatable bonds is 6. The Bertz CT molecular complexity index is 1030. The zero-order chi connectivity index (χ0) is 26.6. The summed E-state index contributed by atoms with van der Waals surface area (Å²) in [6.45, 7) is 7.08. The highest BCUT2D eigenvalue weighted by atomic mass is 32.2. The normalized spacial score (nSPS) is 20.4. The molecule has 0 radical (unpaired) electrons. The topological polar surface area (TPSA) is 107 Å². The summed E-state index contributed by atoms with van der Waals surface area (Å²) < 4.78 is 74.0. The Morgan fingerprint density at radius 1 is 1.14 bits per heavy atom. The van der Waals surface area contributed by atoms with Gasteiger partial charge in [0.15, 0.2) is 0 Å². The molecule has 0 saturated carbocycles. The fourth-order valence-electron chi connectivity index (χ4n) is 4.02. The first-order valence-electron chi connectivity index (χ1n) is 11.7. The molecule has 0 bridgehead atoms. The lowest BCUT2D eigenvalue weighted by atomic mass is 9.99. The van der Waals surface area contributed by atoms with E-state index >= 15 is 0 Å². The Morgan fingerprint density at radius 2 is 1.78 bits per heavy atom. The number of halogens is 3. The minimum Gasteiger partial charge on any atom is -0.444 e. The molecule has 1 aromatic carbocycles. The monoisotopic (exact) mass is 535 g/mol. The van der Waals surface area contributed by atoms with E-state index in [4.69, 9.17) is 9.57 Å². The van der Waals surface area contributed by atoms with Crippen molar-refractivity contribution in [1.82, 2.24) is 10.2 Å². The van der Waals surface area contributed by atoms with Gasteiger partial charge >= 0.3 is 12.5 Å². The van der Waals surface area contributed by atoms with Crippen molar-refractivity contribution in [2.75, 3.05) is 26.2 Å². The predicted octanol–water partition coefficient (Wildman–Crippen LogP) is 4.09. The van der Waals surface area contributed by atoms with Crippen LogP contribution < -0.4 is 10.1 Å². The van der Waals surface area contributed by atoms with Gasteiger partial charge in [-0.1, -0.05) is 5.16 Å². The van der Waals surface area contributed by atoms with Crippen LogP contribution in [0.5, 0.6) is 5.75 Å². The van der Waals surface area contributed by atoms with E-state index in [1.54, 1.807) is 20.8 Å². The molecule has 2 aliphatic heterocycles. The van der Waals surface area contributed by atoms with Gasteiger partial charge in [0.2, 0.25) is 15.3 Å². The number of benzene rings is 1. The van der Waals surface area contributed by atoms with Crippen molar-refractivity contribution < 1.29 is 40.7 Å². The summed E-state index contributed by atoms with van der Waals surface area (Å²) in [6.07, 6.45) is -3.27. The Hall–Kier alpha value is -2.54. The van der Waals surface area contributed by atoms with Gasteiger partial charge < -0.3 is 24.5 Å². The molecular weight excluding hydrogens is 503 g/mol. The number of likely N-dealkylation sites (tertiary alicyclic amines) is 1. The third kappa shape index (κ3) is 7.99. The fraction of sp³-hybridized carbons (Fsp3) is 0.652. The molecule has 2 saturated heterocycles. The number of carbonyl (C=O) groups is 1. The summed E-state index contributed by atoms with van der Waals surface area (Å²) in [5.74, 6) is -1.17. The van der Waals surface area contributed by atoms with E-state index in [0.717, 1.165) is 24.3 Å². The van der Waals surface area contributed by atoms with Crippen LogP contribution in [0.2, 0.25) is 0 Å². The summed E-state index contributed by atoms with van der Waals surface area (Å²) in [5, 5.41) is 7.31. The van der Waals surface area contributed by atoms with Gasteiger partial charge in [0.1, 0.15) is 11.4 Å². The number of alkyl halides is 3. The van der Waals surface area contributed by atoms with E-state index in [0.29, 0.717) is 51.0 Å². The molecule has 2 fully saturated rings. The molecule has 2 aliphatic rings. The molecule has 2 heterocycles. The van der Waals surface area contributed by atoms with Gasteiger partial charge in [-0.25, -0.2) is 13.2 Å². The Labute approximate surface area is 208 Å². The smallest absolute Gasteiger partial charge is 0.444 e. The maximum atomic E-state index is 13.6. The van der Waals surface area contributed by atoms with Crippen LogP contribution in [-0.2, 0) is 19.4 Å². The number of ether oxygens (including phenoxy) is 2. The number of nitrogens with one attached hydrogen (secondary N) is 1. The van der Waals surface area contributed by atoms with Crippen molar-refractivity contribution in [2.45, 2.75) is 68.7 Å². The van der Waals surface area contributed by atoms with Crippen molar-refractivity contribution >= 4 is 21.6 Å². The van der Waals surface area contributed by atoms with Crippen LogP contribution in [0.3, 0.4) is 0 Å². The Kier molecular flexibility index (Phi) is 8.75. The van der Waals surface area contributed by atoms with E-state index in [1.807, 2.05) is 0 Å². The third-order valence-electron chi connectivity index (χ3n) is 5.65. The second-order valence-electron chi connectivity index (χ2n) is 9.77. The summed E-state index contributed by atoms with van der Waals surface area (Å²) in [7, 11) is -4.21. The van der Waals surface area contributed by atoms with Gasteiger partial charge in [0, 0.05) is 44.9 Å². The Morgan fingerprint density at radius 3 is 2.36 bits per heavy atom. The quantitative estimate of drug-likeness (QED) is 0.547. The SMILES string of the molecule is CC(C)(C)OC(=O)N1CCCC(C(ON=C2CCNCC2)S(=O)(=O)c2ccc(OC(F)(F)F)cc2)C1. The molecule has 1 aromatic rings. The van der Waals surface area contributed by atoms with Crippen LogP contribution in [0.15, 0.2) is 34.3 Å². The molecule has 0 spiro atoms. The first-order chi connectivity index (χ1) is 16.7. The van der Waals surface area contributed by atoms with Crippen molar-refractivity contribution in [3.8, 4) is 5.75 Å². The highest BCUT2D eigenvalue weighted by molar-refractivity contribution is 7.92. The average molecular weight is 536 g/mol. The highest BCUT2D eigenvalue weighted by Crippen LogP contribution is 2.32. The number of amides is 1. The number of sulfone groups is 1. The van der Waals surface area contributed by atoms with Gasteiger partial charge in [0.05, 0.1) is 10.6 Å². The van der Waals surface area contributed by atoms with Crippen LogP contribution in [0.1, 0.15) is 46.5 Å². The fourth-order valence-corrected chi connectivity index (χ4v) is 5.69. The number of hydrogen-bond acceptors (Lipinski definition) is 8. The molecule has 1 N–H and O–H groups in total. The number of carbonyl (C=O) groups excluding carboxylic acids is 1. The molecule has 2 atom stereocenters.